The zero-order valence-corrected chi connectivity index (χ0v) is 21.9. The van der Waals surface area contributed by atoms with Gasteiger partial charge in [-0.2, -0.15) is 0 Å². The van der Waals surface area contributed by atoms with Gasteiger partial charge in [-0.05, 0) is 49.1 Å². The van der Waals surface area contributed by atoms with Gasteiger partial charge in [0.05, 0.1) is 19.1 Å². The Hall–Kier alpha value is -3.07. The van der Waals surface area contributed by atoms with E-state index in [-0.39, 0.29) is 5.91 Å². The Morgan fingerprint density at radius 3 is 2.23 bits per heavy atom. The van der Waals surface area contributed by atoms with Crippen LogP contribution in [-0.2, 0) is 26.0 Å². The van der Waals surface area contributed by atoms with Gasteiger partial charge in [-0.3, -0.25) is 13.9 Å². The number of amides is 2. The molecule has 35 heavy (non-hydrogen) atoms. The summed E-state index contributed by atoms with van der Waals surface area (Å²) in [5.74, 6) is -0.0785. The maximum atomic E-state index is 13.6. The molecule has 0 aromatic heterocycles. The Labute approximate surface area is 209 Å². The van der Waals surface area contributed by atoms with Gasteiger partial charge in [0.15, 0.2) is 0 Å². The van der Waals surface area contributed by atoms with Crippen LogP contribution in [0.5, 0.6) is 5.75 Å². The van der Waals surface area contributed by atoms with Crippen molar-refractivity contribution in [2.75, 3.05) is 37.3 Å². The molecule has 2 aromatic carbocycles. The lowest BCUT2D eigenvalue weighted by molar-refractivity contribution is -0.139. The van der Waals surface area contributed by atoms with E-state index in [0.29, 0.717) is 37.4 Å². The van der Waals surface area contributed by atoms with Gasteiger partial charge in [-0.15, -0.1) is 0 Å². The Morgan fingerprint density at radius 1 is 1.03 bits per heavy atom. The highest BCUT2D eigenvalue weighted by atomic mass is 32.2. The minimum Gasteiger partial charge on any atom is -0.497 e. The van der Waals surface area contributed by atoms with Crippen LogP contribution in [0.1, 0.15) is 38.7 Å². The Balaban J connectivity index is 2.31. The summed E-state index contributed by atoms with van der Waals surface area (Å²) in [6, 6.07) is 15.5. The number of carbonyl (C=O) groups is 2. The number of ether oxygens (including phenoxy) is 1. The molecule has 0 spiro atoms. The third-order valence-electron chi connectivity index (χ3n) is 5.74. The number of sulfonamides is 1. The molecule has 1 atom stereocenters. The number of nitrogens with zero attached hydrogens (tertiary/aromatic N) is 2. The van der Waals surface area contributed by atoms with Crippen LogP contribution >= 0.6 is 0 Å². The Bertz CT molecular complexity index is 1040. The molecule has 1 N–H and O–H groups in total. The van der Waals surface area contributed by atoms with E-state index < -0.39 is 28.5 Å². The summed E-state index contributed by atoms with van der Waals surface area (Å²) in [6.45, 7) is 4.32. The van der Waals surface area contributed by atoms with Crippen LogP contribution in [0.25, 0.3) is 0 Å². The Morgan fingerprint density at radius 2 is 1.69 bits per heavy atom. The van der Waals surface area contributed by atoms with Gasteiger partial charge < -0.3 is 15.0 Å². The second kappa shape index (κ2) is 13.7. The zero-order valence-electron chi connectivity index (χ0n) is 21.1. The zero-order chi connectivity index (χ0) is 25.8. The van der Waals surface area contributed by atoms with Crippen molar-refractivity contribution in [2.45, 2.75) is 45.6 Å². The van der Waals surface area contributed by atoms with Crippen molar-refractivity contribution in [3.05, 3.63) is 60.2 Å². The smallest absolute Gasteiger partial charge is 0.244 e. The number of hydrogen-bond donors (Lipinski definition) is 1. The summed E-state index contributed by atoms with van der Waals surface area (Å²) in [6.07, 6.45) is 3.82. The molecular formula is C26H37N3O5S. The van der Waals surface area contributed by atoms with E-state index >= 15 is 0 Å². The first-order chi connectivity index (χ1) is 16.7. The van der Waals surface area contributed by atoms with E-state index in [2.05, 4.69) is 5.32 Å². The molecule has 0 radical (unpaired) electrons. The van der Waals surface area contributed by atoms with Crippen molar-refractivity contribution >= 4 is 27.5 Å². The van der Waals surface area contributed by atoms with Gasteiger partial charge >= 0.3 is 0 Å². The molecule has 0 fully saturated rings. The molecule has 0 bridgehead atoms. The number of anilines is 1. The van der Waals surface area contributed by atoms with Crippen molar-refractivity contribution < 1.29 is 22.7 Å². The lowest BCUT2D eigenvalue weighted by Gasteiger charge is -2.33. The van der Waals surface area contributed by atoms with Crippen LogP contribution in [0.2, 0.25) is 0 Å². The molecule has 0 aliphatic rings. The van der Waals surface area contributed by atoms with E-state index in [1.165, 1.54) is 12.0 Å². The highest BCUT2D eigenvalue weighted by Crippen LogP contribution is 2.22. The van der Waals surface area contributed by atoms with Crippen LogP contribution in [-0.4, -0.2) is 64.2 Å². The molecule has 2 rings (SSSR count). The van der Waals surface area contributed by atoms with Crippen LogP contribution < -0.4 is 14.4 Å². The van der Waals surface area contributed by atoms with Crippen LogP contribution in [0.3, 0.4) is 0 Å². The molecule has 0 aliphatic carbocycles. The molecule has 9 heteroatoms. The molecule has 0 heterocycles. The molecule has 0 unspecified atom stereocenters. The van der Waals surface area contributed by atoms with Crippen molar-refractivity contribution in [2.24, 2.45) is 0 Å². The normalized spacial score (nSPS) is 12.0. The highest BCUT2D eigenvalue weighted by Gasteiger charge is 2.31. The predicted octanol–water partition coefficient (Wildman–Crippen LogP) is 3.23. The minimum absolute atomic E-state index is 0.224. The lowest BCUT2D eigenvalue weighted by Crippen LogP contribution is -2.53. The monoisotopic (exact) mass is 503 g/mol. The van der Waals surface area contributed by atoms with Crippen molar-refractivity contribution in [1.29, 1.82) is 0 Å². The summed E-state index contributed by atoms with van der Waals surface area (Å²) < 4.78 is 31.4. The van der Waals surface area contributed by atoms with Gasteiger partial charge in [0, 0.05) is 13.1 Å². The first kappa shape index (κ1) is 28.2. The van der Waals surface area contributed by atoms with Gasteiger partial charge in [-0.1, -0.05) is 50.6 Å². The van der Waals surface area contributed by atoms with Gasteiger partial charge in [0.2, 0.25) is 21.8 Å². The number of unbranched alkanes of at least 4 members (excludes halogenated alkanes) is 1. The van der Waals surface area contributed by atoms with Crippen LogP contribution in [0.15, 0.2) is 54.6 Å². The van der Waals surface area contributed by atoms with E-state index in [1.807, 2.05) is 44.2 Å². The third-order valence-corrected chi connectivity index (χ3v) is 6.88. The molecular weight excluding hydrogens is 466 g/mol. The number of carbonyl (C=O) groups excluding carboxylic acids is 2. The molecule has 2 aromatic rings. The van der Waals surface area contributed by atoms with Gasteiger partial charge in [-0.25, -0.2) is 8.42 Å². The number of rotatable bonds is 14. The summed E-state index contributed by atoms with van der Waals surface area (Å²) in [5.41, 5.74) is 1.38. The molecule has 0 saturated carbocycles. The van der Waals surface area contributed by atoms with Crippen molar-refractivity contribution in [3.63, 3.8) is 0 Å². The number of methoxy groups -OCH3 is 1. The second-order valence-corrected chi connectivity index (χ2v) is 10.3. The SMILES string of the molecule is CCCCNC(=O)[C@@H](CC)N(CCc1ccccc1)C(=O)CN(c1ccc(OC)cc1)S(C)(=O)=O. The largest absolute Gasteiger partial charge is 0.497 e. The quantitative estimate of drug-likeness (QED) is 0.400. The van der Waals surface area contributed by atoms with E-state index in [1.54, 1.807) is 24.3 Å². The predicted molar refractivity (Wildman–Crippen MR) is 139 cm³/mol. The fraction of sp³-hybridized carbons (Fsp3) is 0.462. The molecule has 8 nitrogen and oxygen atoms in total. The van der Waals surface area contributed by atoms with Crippen molar-refractivity contribution in [3.8, 4) is 5.75 Å². The first-order valence-corrected chi connectivity index (χ1v) is 13.8. The summed E-state index contributed by atoms with van der Waals surface area (Å²) in [7, 11) is -2.24. The van der Waals surface area contributed by atoms with Gasteiger partial charge in [0.25, 0.3) is 0 Å². The van der Waals surface area contributed by atoms with E-state index in [0.717, 1.165) is 29.0 Å². The summed E-state index contributed by atoms with van der Waals surface area (Å²) in [5, 5.41) is 2.92. The fourth-order valence-corrected chi connectivity index (χ4v) is 4.61. The third kappa shape index (κ3) is 8.58. The average Bonchev–Trinajstić information content (AvgIpc) is 2.85. The standard InChI is InChI=1S/C26H37N3O5S/c1-5-7-18-27-26(31)24(6-2)28(19-17-21-11-9-8-10-12-21)25(30)20-29(35(4,32)33)22-13-15-23(34-3)16-14-22/h8-16,24H,5-7,17-20H2,1-4H3,(H,27,31)/t24-/m1/s1. The van der Waals surface area contributed by atoms with E-state index in [4.69, 9.17) is 4.74 Å². The maximum Gasteiger partial charge on any atom is 0.244 e. The minimum atomic E-state index is -3.76. The number of benzene rings is 2. The van der Waals surface area contributed by atoms with Gasteiger partial charge in [0.1, 0.15) is 18.3 Å². The summed E-state index contributed by atoms with van der Waals surface area (Å²) >= 11 is 0. The Kier molecular flexibility index (Phi) is 11.0. The topological polar surface area (TPSA) is 96.0 Å². The number of hydrogen-bond acceptors (Lipinski definition) is 5. The highest BCUT2D eigenvalue weighted by molar-refractivity contribution is 7.92. The van der Waals surface area contributed by atoms with Crippen LogP contribution in [0, 0.1) is 0 Å². The average molecular weight is 504 g/mol. The first-order valence-electron chi connectivity index (χ1n) is 11.9. The fourth-order valence-electron chi connectivity index (χ4n) is 3.76. The maximum absolute atomic E-state index is 13.6. The van der Waals surface area contributed by atoms with Crippen LogP contribution in [0.4, 0.5) is 5.69 Å². The number of nitrogens with one attached hydrogen (secondary N) is 1. The molecule has 192 valence electrons. The molecule has 0 saturated heterocycles. The van der Waals surface area contributed by atoms with Crippen molar-refractivity contribution in [1.82, 2.24) is 10.2 Å². The second-order valence-electron chi connectivity index (χ2n) is 8.36. The van der Waals surface area contributed by atoms with E-state index in [9.17, 15) is 18.0 Å². The molecule has 0 aliphatic heterocycles. The summed E-state index contributed by atoms with van der Waals surface area (Å²) in [4.78, 5) is 28.1. The lowest BCUT2D eigenvalue weighted by atomic mass is 10.1. The molecule has 2 amide bonds.